The number of hydrogen-bond acceptors (Lipinski definition) is 5. The van der Waals surface area contributed by atoms with Crippen LogP contribution >= 0.6 is 11.3 Å². The molecule has 0 aromatic carbocycles. The summed E-state index contributed by atoms with van der Waals surface area (Å²) in [5, 5.41) is 3.38. The van der Waals surface area contributed by atoms with Crippen LogP contribution < -0.4 is 0 Å². The molecule has 0 spiro atoms. The standard InChI is InChI=1S/C15H16F3N3O2S/c1-2-21(13(22)9-4-3-5-9)8-10-6-7-11(24-10)12-19-14(23-20-12)15(16,17)18/h6-7,9H,2-5,8H2,1H3. The smallest absolute Gasteiger partial charge is 0.338 e. The lowest BCUT2D eigenvalue weighted by atomic mass is 9.84. The minimum atomic E-state index is -4.65. The highest BCUT2D eigenvalue weighted by Crippen LogP contribution is 2.33. The molecule has 0 atom stereocenters. The minimum Gasteiger partial charge on any atom is -0.338 e. The van der Waals surface area contributed by atoms with Crippen LogP contribution in [0.15, 0.2) is 16.7 Å². The van der Waals surface area contributed by atoms with Crippen molar-refractivity contribution in [3.05, 3.63) is 22.9 Å². The van der Waals surface area contributed by atoms with Crippen molar-refractivity contribution in [3.8, 4) is 10.7 Å². The quantitative estimate of drug-likeness (QED) is 0.811. The van der Waals surface area contributed by atoms with Crippen molar-refractivity contribution in [2.75, 3.05) is 6.54 Å². The molecule has 1 aliphatic rings. The lowest BCUT2D eigenvalue weighted by Crippen LogP contribution is -2.38. The lowest BCUT2D eigenvalue weighted by molar-refractivity contribution is -0.159. The van der Waals surface area contributed by atoms with Crippen molar-refractivity contribution in [3.63, 3.8) is 0 Å². The van der Waals surface area contributed by atoms with Gasteiger partial charge in [0.05, 0.1) is 11.4 Å². The Morgan fingerprint density at radius 3 is 2.71 bits per heavy atom. The topological polar surface area (TPSA) is 59.2 Å². The maximum atomic E-state index is 12.5. The molecule has 0 bridgehead atoms. The number of thiophene rings is 1. The average Bonchev–Trinajstić information content (AvgIpc) is 3.10. The molecule has 130 valence electrons. The molecule has 0 unspecified atom stereocenters. The van der Waals surface area contributed by atoms with E-state index in [9.17, 15) is 18.0 Å². The first-order valence-corrected chi connectivity index (χ1v) is 8.49. The molecular weight excluding hydrogens is 343 g/mol. The summed E-state index contributed by atoms with van der Waals surface area (Å²) in [5.41, 5.74) is 0. The second-order valence-electron chi connectivity index (χ2n) is 5.67. The van der Waals surface area contributed by atoms with Gasteiger partial charge in [-0.25, -0.2) is 0 Å². The molecule has 1 saturated carbocycles. The van der Waals surface area contributed by atoms with Crippen LogP contribution in [0.25, 0.3) is 10.7 Å². The third kappa shape index (κ3) is 3.45. The fourth-order valence-corrected chi connectivity index (χ4v) is 3.42. The highest BCUT2D eigenvalue weighted by atomic mass is 32.1. The van der Waals surface area contributed by atoms with Gasteiger partial charge < -0.3 is 9.42 Å². The zero-order valence-electron chi connectivity index (χ0n) is 13.0. The zero-order chi connectivity index (χ0) is 17.3. The van der Waals surface area contributed by atoms with Crippen molar-refractivity contribution in [2.24, 2.45) is 5.92 Å². The van der Waals surface area contributed by atoms with Crippen molar-refractivity contribution in [1.29, 1.82) is 0 Å². The SMILES string of the molecule is CCN(Cc1ccc(-c2noc(C(F)(F)F)n2)s1)C(=O)C1CCC1. The summed E-state index contributed by atoms with van der Waals surface area (Å²) in [6.07, 6.45) is -1.68. The summed E-state index contributed by atoms with van der Waals surface area (Å²) in [4.78, 5) is 18.8. The third-order valence-electron chi connectivity index (χ3n) is 4.05. The van der Waals surface area contributed by atoms with Crippen LogP contribution in [0.1, 0.15) is 37.0 Å². The van der Waals surface area contributed by atoms with E-state index in [1.165, 1.54) is 11.3 Å². The molecule has 2 aromatic rings. The van der Waals surface area contributed by atoms with Crippen molar-refractivity contribution >= 4 is 17.2 Å². The molecule has 0 saturated heterocycles. The molecule has 0 N–H and O–H groups in total. The van der Waals surface area contributed by atoms with Gasteiger partial charge in [0.25, 0.3) is 0 Å². The van der Waals surface area contributed by atoms with Crippen molar-refractivity contribution in [2.45, 2.75) is 38.9 Å². The maximum Gasteiger partial charge on any atom is 0.471 e. The van der Waals surface area contributed by atoms with E-state index in [0.29, 0.717) is 18.0 Å². The van der Waals surface area contributed by atoms with E-state index in [-0.39, 0.29) is 17.6 Å². The average molecular weight is 359 g/mol. The van der Waals surface area contributed by atoms with Crippen LogP contribution in [0.3, 0.4) is 0 Å². The number of carbonyl (C=O) groups excluding carboxylic acids is 1. The van der Waals surface area contributed by atoms with Gasteiger partial charge in [-0.15, -0.1) is 11.3 Å². The molecule has 1 amide bonds. The van der Waals surface area contributed by atoms with E-state index in [4.69, 9.17) is 0 Å². The Labute approximate surface area is 140 Å². The van der Waals surface area contributed by atoms with E-state index in [0.717, 1.165) is 24.1 Å². The Morgan fingerprint density at radius 2 is 2.17 bits per heavy atom. The van der Waals surface area contributed by atoms with E-state index in [1.807, 2.05) is 6.92 Å². The highest BCUT2D eigenvalue weighted by Gasteiger charge is 2.38. The summed E-state index contributed by atoms with van der Waals surface area (Å²) in [6.45, 7) is 2.96. The van der Waals surface area contributed by atoms with Gasteiger partial charge in [0.1, 0.15) is 0 Å². The fraction of sp³-hybridized carbons (Fsp3) is 0.533. The Balaban J connectivity index is 1.70. The van der Waals surface area contributed by atoms with Crippen molar-refractivity contribution in [1.82, 2.24) is 15.0 Å². The summed E-state index contributed by atoms with van der Waals surface area (Å²) in [6, 6.07) is 3.42. The Hall–Kier alpha value is -1.90. The van der Waals surface area contributed by atoms with Crippen molar-refractivity contribution < 1.29 is 22.5 Å². The molecule has 0 radical (unpaired) electrons. The molecule has 2 heterocycles. The molecule has 1 fully saturated rings. The first-order valence-electron chi connectivity index (χ1n) is 7.67. The van der Waals surface area contributed by atoms with Gasteiger partial charge in [-0.1, -0.05) is 11.6 Å². The van der Waals surface area contributed by atoms with Crippen LogP contribution in [0.2, 0.25) is 0 Å². The first kappa shape index (κ1) is 16.9. The van der Waals surface area contributed by atoms with Crippen LogP contribution in [0.4, 0.5) is 13.2 Å². The number of rotatable bonds is 5. The summed E-state index contributed by atoms with van der Waals surface area (Å²) >= 11 is 1.26. The van der Waals surface area contributed by atoms with Crippen LogP contribution in [0, 0.1) is 5.92 Å². The minimum absolute atomic E-state index is 0.0908. The van der Waals surface area contributed by atoms with E-state index < -0.39 is 12.1 Å². The first-order chi connectivity index (χ1) is 11.4. The molecule has 5 nitrogen and oxygen atoms in total. The lowest BCUT2D eigenvalue weighted by Gasteiger charge is -2.30. The number of carbonyl (C=O) groups is 1. The van der Waals surface area contributed by atoms with Gasteiger partial charge in [0, 0.05) is 17.3 Å². The predicted octanol–water partition coefficient (Wildman–Crippen LogP) is 3.97. The second kappa shape index (κ2) is 6.54. The number of halogens is 3. The van der Waals surface area contributed by atoms with Crippen LogP contribution in [-0.4, -0.2) is 27.5 Å². The molecule has 3 rings (SSSR count). The monoisotopic (exact) mass is 359 g/mol. The van der Waals surface area contributed by atoms with E-state index in [2.05, 4.69) is 14.7 Å². The van der Waals surface area contributed by atoms with Gasteiger partial charge in [-0.2, -0.15) is 18.2 Å². The number of hydrogen-bond donors (Lipinski definition) is 0. The third-order valence-corrected chi connectivity index (χ3v) is 5.11. The molecule has 2 aromatic heterocycles. The molecule has 9 heteroatoms. The predicted molar refractivity (Wildman–Crippen MR) is 81.0 cm³/mol. The number of alkyl halides is 3. The summed E-state index contributed by atoms with van der Waals surface area (Å²) < 4.78 is 41.8. The number of amides is 1. The molecule has 24 heavy (non-hydrogen) atoms. The van der Waals surface area contributed by atoms with Crippen LogP contribution in [0.5, 0.6) is 0 Å². The number of nitrogens with zero attached hydrogens (tertiary/aromatic N) is 3. The Morgan fingerprint density at radius 1 is 1.42 bits per heavy atom. The molecule has 0 aliphatic heterocycles. The van der Waals surface area contributed by atoms with Gasteiger partial charge in [-0.3, -0.25) is 4.79 Å². The van der Waals surface area contributed by atoms with E-state index in [1.54, 1.807) is 17.0 Å². The second-order valence-corrected chi connectivity index (χ2v) is 6.84. The van der Waals surface area contributed by atoms with E-state index >= 15 is 0 Å². The molecule has 1 aliphatic carbocycles. The maximum absolute atomic E-state index is 12.5. The normalized spacial score (nSPS) is 15.3. The summed E-state index contributed by atoms with van der Waals surface area (Å²) in [7, 11) is 0. The Kier molecular flexibility index (Phi) is 4.62. The van der Waals surface area contributed by atoms with Gasteiger partial charge in [0.15, 0.2) is 0 Å². The Bertz CT molecular complexity index is 722. The van der Waals surface area contributed by atoms with Crippen LogP contribution in [-0.2, 0) is 17.5 Å². The largest absolute Gasteiger partial charge is 0.471 e. The van der Waals surface area contributed by atoms with Gasteiger partial charge >= 0.3 is 12.1 Å². The zero-order valence-corrected chi connectivity index (χ0v) is 13.8. The number of aromatic nitrogens is 2. The highest BCUT2D eigenvalue weighted by molar-refractivity contribution is 7.15. The van der Waals surface area contributed by atoms with Gasteiger partial charge in [0.2, 0.25) is 11.7 Å². The van der Waals surface area contributed by atoms with Gasteiger partial charge in [-0.05, 0) is 31.9 Å². The fourth-order valence-electron chi connectivity index (χ4n) is 2.47. The molecular formula is C15H16F3N3O2S. The summed E-state index contributed by atoms with van der Waals surface area (Å²) in [5.74, 6) is -1.18.